The van der Waals surface area contributed by atoms with Crippen LogP contribution in [0.2, 0.25) is 0 Å². The van der Waals surface area contributed by atoms with Crippen molar-refractivity contribution in [1.29, 1.82) is 0 Å². The fourth-order valence-electron chi connectivity index (χ4n) is 2.17. The molecule has 0 spiro atoms. The number of benzene rings is 1. The van der Waals surface area contributed by atoms with Crippen LogP contribution in [-0.4, -0.2) is 26.7 Å². The fourth-order valence-corrected chi connectivity index (χ4v) is 2.17. The zero-order valence-electron chi connectivity index (χ0n) is 14.1. The summed E-state index contributed by atoms with van der Waals surface area (Å²) in [5.41, 5.74) is 2.07. The Labute approximate surface area is 162 Å². The number of para-hydroxylation sites is 1. The number of pyridine rings is 1. The zero-order valence-corrected chi connectivity index (χ0v) is 16.3. The van der Waals surface area contributed by atoms with Gasteiger partial charge in [-0.3, -0.25) is 0 Å². The molecule has 0 atom stereocenters. The molecule has 0 N–H and O–H groups in total. The number of aryl methyl sites for hydroxylation is 1. The van der Waals surface area contributed by atoms with Crippen molar-refractivity contribution in [2.75, 3.05) is 11.9 Å². The first-order valence-corrected chi connectivity index (χ1v) is 7.66. The predicted molar refractivity (Wildman–Crippen MR) is 95.1 cm³/mol. The van der Waals surface area contributed by atoms with Crippen molar-refractivity contribution in [3.8, 4) is 5.82 Å². The van der Waals surface area contributed by atoms with E-state index in [1.54, 1.807) is 10.9 Å². The first-order chi connectivity index (χ1) is 11.7. The van der Waals surface area contributed by atoms with Crippen LogP contribution in [0.15, 0.2) is 73.3 Å². The van der Waals surface area contributed by atoms with Crippen molar-refractivity contribution in [2.24, 2.45) is 0 Å². The smallest absolute Gasteiger partial charge is 0.510 e. The van der Waals surface area contributed by atoms with Crippen molar-refractivity contribution < 1.29 is 21.1 Å². The Morgan fingerprint density at radius 3 is 2.44 bits per heavy atom. The van der Waals surface area contributed by atoms with Crippen LogP contribution in [0.4, 0.5) is 5.69 Å². The van der Waals surface area contributed by atoms with Gasteiger partial charge in [-0.05, 0) is 44.6 Å². The van der Waals surface area contributed by atoms with Crippen LogP contribution in [0.5, 0.6) is 0 Å². The summed E-state index contributed by atoms with van der Waals surface area (Å²) in [6.45, 7) is 3.96. The molecule has 1 aliphatic heterocycles. The standard InChI is InChI=1S/C10H10N2.C9H9N3.Pt/c1-11-7-8-12(9-11)10-5-3-2-4-6-10;1-8-5-7-12(11-8)9-4-2-3-6-10-9;/h2-5,7-9H,1H3;2-7H,1H3;/q-2;;+2. The second-order valence-corrected chi connectivity index (χ2v) is 5.32. The number of hydrogen-bond donors (Lipinski definition) is 0. The second kappa shape index (κ2) is 9.19. The van der Waals surface area contributed by atoms with Gasteiger partial charge in [0.1, 0.15) is 0 Å². The summed E-state index contributed by atoms with van der Waals surface area (Å²) in [6, 6.07) is 18.8. The number of anilines is 1. The molecule has 130 valence electrons. The monoisotopic (exact) mass is 512 g/mol. The summed E-state index contributed by atoms with van der Waals surface area (Å²) < 4.78 is 1.76. The van der Waals surface area contributed by atoms with Crippen LogP contribution in [0.3, 0.4) is 0 Å². The Kier molecular flexibility index (Phi) is 6.96. The maximum absolute atomic E-state index is 4.24. The Hall–Kier alpha value is -2.39. The molecule has 0 radical (unpaired) electrons. The van der Waals surface area contributed by atoms with Crippen LogP contribution in [0.25, 0.3) is 5.82 Å². The maximum Gasteiger partial charge on any atom is 2.00 e. The first-order valence-electron chi connectivity index (χ1n) is 7.66. The molecule has 0 saturated carbocycles. The topological polar surface area (TPSA) is 37.2 Å². The molecule has 0 fully saturated rings. The Balaban J connectivity index is 0.000000173. The van der Waals surface area contributed by atoms with E-state index in [2.05, 4.69) is 16.1 Å². The third kappa shape index (κ3) is 5.30. The van der Waals surface area contributed by atoms with E-state index in [0.717, 1.165) is 17.2 Å². The van der Waals surface area contributed by atoms with E-state index in [1.807, 2.05) is 97.6 Å². The molecule has 0 saturated heterocycles. The molecular weight excluding hydrogens is 493 g/mol. The molecule has 0 amide bonds. The Morgan fingerprint density at radius 2 is 1.88 bits per heavy atom. The van der Waals surface area contributed by atoms with E-state index < -0.39 is 0 Å². The molecule has 0 aliphatic carbocycles. The zero-order chi connectivity index (χ0) is 16.8. The maximum atomic E-state index is 4.24. The molecule has 1 aliphatic rings. The summed E-state index contributed by atoms with van der Waals surface area (Å²) in [5.74, 6) is 0.852. The van der Waals surface area contributed by atoms with E-state index in [1.165, 1.54) is 0 Å². The van der Waals surface area contributed by atoms with Crippen LogP contribution < -0.4 is 4.90 Å². The first kappa shape index (κ1) is 18.9. The summed E-state index contributed by atoms with van der Waals surface area (Å²) in [5, 5.41) is 4.24. The summed E-state index contributed by atoms with van der Waals surface area (Å²) >= 11 is 0. The van der Waals surface area contributed by atoms with Gasteiger partial charge in [0.2, 0.25) is 0 Å². The van der Waals surface area contributed by atoms with Gasteiger partial charge in [-0.2, -0.15) is 42.1 Å². The van der Waals surface area contributed by atoms with Gasteiger partial charge in [-0.25, -0.2) is 9.67 Å². The van der Waals surface area contributed by atoms with Crippen LogP contribution in [0, 0.1) is 19.7 Å². The third-order valence-corrected chi connectivity index (χ3v) is 3.35. The van der Waals surface area contributed by atoms with Crippen molar-refractivity contribution in [3.63, 3.8) is 0 Å². The third-order valence-electron chi connectivity index (χ3n) is 3.35. The van der Waals surface area contributed by atoms with Gasteiger partial charge in [0.25, 0.3) is 0 Å². The molecule has 0 bridgehead atoms. The summed E-state index contributed by atoms with van der Waals surface area (Å²) in [6.07, 6.45) is 7.66. The largest absolute Gasteiger partial charge is 2.00 e. The molecule has 2 aromatic heterocycles. The van der Waals surface area contributed by atoms with Gasteiger partial charge in [0.15, 0.2) is 5.82 Å². The van der Waals surface area contributed by atoms with Gasteiger partial charge < -0.3 is 9.80 Å². The van der Waals surface area contributed by atoms with Crippen molar-refractivity contribution >= 4 is 5.69 Å². The Bertz CT molecular complexity index is 786. The van der Waals surface area contributed by atoms with Crippen molar-refractivity contribution in [2.45, 2.75) is 6.92 Å². The average molecular weight is 512 g/mol. The van der Waals surface area contributed by atoms with Gasteiger partial charge >= 0.3 is 21.1 Å². The van der Waals surface area contributed by atoms with Gasteiger partial charge in [-0.1, -0.05) is 6.07 Å². The molecule has 25 heavy (non-hydrogen) atoms. The SMILES string of the molecule is CN1C=CN(c2[c-]cccc2)[CH-]1.Cc1ccn(-c2ccccn2)n1.[Pt+2]. The average Bonchev–Trinajstić information content (AvgIpc) is 3.26. The van der Waals surface area contributed by atoms with Crippen molar-refractivity contribution in [1.82, 2.24) is 19.7 Å². The van der Waals surface area contributed by atoms with Gasteiger partial charge in [-0.15, -0.1) is 5.69 Å². The van der Waals surface area contributed by atoms with E-state index in [-0.39, 0.29) is 21.1 Å². The van der Waals surface area contributed by atoms with E-state index in [4.69, 9.17) is 0 Å². The van der Waals surface area contributed by atoms with Crippen molar-refractivity contribution in [3.05, 3.63) is 91.8 Å². The molecule has 0 unspecified atom stereocenters. The molecule has 4 rings (SSSR count). The number of nitrogens with zero attached hydrogens (tertiary/aromatic N) is 5. The van der Waals surface area contributed by atoms with E-state index >= 15 is 0 Å². The number of hydrogen-bond acceptors (Lipinski definition) is 4. The predicted octanol–water partition coefficient (Wildman–Crippen LogP) is 3.40. The van der Waals surface area contributed by atoms with Gasteiger partial charge in [0.05, 0.1) is 5.69 Å². The summed E-state index contributed by atoms with van der Waals surface area (Å²) in [7, 11) is 2.00. The molecular formula is C19H19N5Pt. The quantitative estimate of drug-likeness (QED) is 0.494. The molecule has 5 nitrogen and oxygen atoms in total. The molecule has 1 aromatic carbocycles. The van der Waals surface area contributed by atoms with E-state index in [9.17, 15) is 0 Å². The molecule has 6 heteroatoms. The second-order valence-electron chi connectivity index (χ2n) is 5.32. The fraction of sp³-hybridized carbons (Fsp3) is 0.105. The number of aromatic nitrogens is 3. The van der Waals surface area contributed by atoms with Crippen LogP contribution in [-0.2, 0) is 21.1 Å². The van der Waals surface area contributed by atoms with Gasteiger partial charge in [0, 0.05) is 12.4 Å². The minimum absolute atomic E-state index is 0. The minimum atomic E-state index is 0. The van der Waals surface area contributed by atoms with Crippen LogP contribution in [0.1, 0.15) is 5.69 Å². The number of rotatable bonds is 2. The molecule has 3 heterocycles. The van der Waals surface area contributed by atoms with Crippen LogP contribution >= 0.6 is 0 Å². The molecule has 3 aromatic rings. The minimum Gasteiger partial charge on any atom is -0.510 e. The van der Waals surface area contributed by atoms with E-state index in [0.29, 0.717) is 0 Å². The summed E-state index contributed by atoms with van der Waals surface area (Å²) in [4.78, 5) is 8.19. The Morgan fingerprint density at radius 1 is 1.04 bits per heavy atom. The normalized spacial score (nSPS) is 12.4.